The highest BCUT2D eigenvalue weighted by Gasteiger charge is 2.53. The van der Waals surface area contributed by atoms with Gasteiger partial charge in [0.1, 0.15) is 0 Å². The van der Waals surface area contributed by atoms with Crippen molar-refractivity contribution < 1.29 is 4.79 Å². The average Bonchev–Trinajstić information content (AvgIpc) is 2.86. The summed E-state index contributed by atoms with van der Waals surface area (Å²) in [4.78, 5) is 12.9. The summed E-state index contributed by atoms with van der Waals surface area (Å²) in [7, 11) is 0. The summed E-state index contributed by atoms with van der Waals surface area (Å²) in [5, 5.41) is 11.7. The molecule has 4 nitrogen and oxygen atoms in total. The molecule has 0 aromatic rings. The number of nitrogens with zero attached hydrogens (tertiary/aromatic N) is 2. The van der Waals surface area contributed by atoms with Gasteiger partial charge in [-0.25, -0.2) is 0 Å². The van der Waals surface area contributed by atoms with E-state index in [4.69, 9.17) is 5.26 Å². The van der Waals surface area contributed by atoms with Crippen LogP contribution >= 0.6 is 11.8 Å². The Morgan fingerprint density at radius 2 is 2.54 bits per heavy atom. The van der Waals surface area contributed by atoms with Crippen molar-refractivity contribution in [3.05, 3.63) is 0 Å². The summed E-state index contributed by atoms with van der Waals surface area (Å²) in [6.07, 6.45) is 4.97. The molecular weight excluding hydrogens is 186 g/mol. The van der Waals surface area contributed by atoms with E-state index in [1.54, 1.807) is 11.2 Å². The molecule has 1 aliphatic heterocycles. The van der Waals surface area contributed by atoms with Crippen LogP contribution in [0.3, 0.4) is 0 Å². The Hall–Kier alpha value is -0.890. The first kappa shape index (κ1) is 8.70. The van der Waals surface area contributed by atoms with Gasteiger partial charge in [0.05, 0.1) is 6.04 Å². The number of nitrogens with one attached hydrogen (secondary N) is 1. The van der Waals surface area contributed by atoms with Crippen LogP contribution in [-0.4, -0.2) is 35.0 Å². The van der Waals surface area contributed by atoms with Gasteiger partial charge in [-0.2, -0.15) is 5.26 Å². The van der Waals surface area contributed by atoms with Crippen LogP contribution in [0.4, 0.5) is 4.79 Å². The lowest BCUT2D eigenvalue weighted by Gasteiger charge is -2.15. The minimum absolute atomic E-state index is 0.00967. The Morgan fingerprint density at radius 1 is 1.77 bits per heavy atom. The highest BCUT2D eigenvalue weighted by molar-refractivity contribution is 8.12. The Balaban J connectivity index is 1.90. The minimum Gasteiger partial charge on any atom is -0.342 e. The van der Waals surface area contributed by atoms with Crippen molar-refractivity contribution in [1.82, 2.24) is 10.2 Å². The number of fused-ring (bicyclic) bond motifs is 1. The topological polar surface area (TPSA) is 56.1 Å². The zero-order valence-electron chi connectivity index (χ0n) is 7.36. The van der Waals surface area contributed by atoms with Crippen LogP contribution in [-0.2, 0) is 0 Å². The molecule has 0 radical (unpaired) electrons. The number of rotatable bonds is 1. The zero-order valence-corrected chi connectivity index (χ0v) is 8.17. The average molecular weight is 197 g/mol. The van der Waals surface area contributed by atoms with E-state index in [1.165, 1.54) is 11.8 Å². The second kappa shape index (κ2) is 3.11. The lowest BCUT2D eigenvalue weighted by Crippen LogP contribution is -2.37. The van der Waals surface area contributed by atoms with Crippen LogP contribution in [0.25, 0.3) is 0 Å². The summed E-state index contributed by atoms with van der Waals surface area (Å²) < 4.78 is 0. The van der Waals surface area contributed by atoms with Gasteiger partial charge >= 0.3 is 0 Å². The third-order valence-corrected chi connectivity index (χ3v) is 3.22. The first-order chi connectivity index (χ1) is 6.26. The van der Waals surface area contributed by atoms with Crippen LogP contribution < -0.4 is 5.32 Å². The maximum atomic E-state index is 11.1. The standard InChI is InChI=1S/C8H11N3OS/c1-13-8(12)10-6-3-11(4-9)7-2-5(6)7/h5-7H,2-3H2,1H3,(H,10,12). The molecule has 13 heavy (non-hydrogen) atoms. The largest absolute Gasteiger partial charge is 0.342 e. The Labute approximate surface area is 81.3 Å². The molecule has 1 saturated carbocycles. The SMILES string of the molecule is CSC(=O)NC1CN(C#N)C2CC12. The molecule has 2 rings (SSSR count). The fourth-order valence-electron chi connectivity index (χ4n) is 1.95. The van der Waals surface area contributed by atoms with Gasteiger partial charge in [0.15, 0.2) is 6.19 Å². The second-order valence-corrected chi connectivity index (χ2v) is 4.24. The number of amides is 1. The number of carbonyl (C=O) groups is 1. The lowest BCUT2D eigenvalue weighted by atomic mass is 10.2. The van der Waals surface area contributed by atoms with Crippen molar-refractivity contribution in [2.24, 2.45) is 5.92 Å². The normalized spacial score (nSPS) is 35.1. The minimum atomic E-state index is 0.00967. The maximum absolute atomic E-state index is 11.1. The molecule has 1 aliphatic carbocycles. The van der Waals surface area contributed by atoms with Crippen LogP contribution in [0.1, 0.15) is 6.42 Å². The lowest BCUT2D eigenvalue weighted by molar-refractivity contribution is 0.255. The van der Waals surface area contributed by atoms with E-state index >= 15 is 0 Å². The second-order valence-electron chi connectivity index (χ2n) is 3.46. The Kier molecular flexibility index (Phi) is 2.08. The van der Waals surface area contributed by atoms with Gasteiger partial charge < -0.3 is 10.2 Å². The van der Waals surface area contributed by atoms with E-state index in [2.05, 4.69) is 11.5 Å². The number of piperidine rings is 1. The van der Waals surface area contributed by atoms with Crippen molar-refractivity contribution in [1.29, 1.82) is 5.26 Å². The number of hydrogen-bond donors (Lipinski definition) is 1. The molecule has 0 aromatic heterocycles. The molecule has 0 bridgehead atoms. The number of carbonyl (C=O) groups excluding carboxylic acids is 1. The van der Waals surface area contributed by atoms with Crippen molar-refractivity contribution in [3.63, 3.8) is 0 Å². The summed E-state index contributed by atoms with van der Waals surface area (Å²) in [5.41, 5.74) is 0. The van der Waals surface area contributed by atoms with Crippen molar-refractivity contribution in [2.75, 3.05) is 12.8 Å². The summed E-state index contributed by atoms with van der Waals surface area (Å²) in [6, 6.07) is 0.613. The fraction of sp³-hybridized carbons (Fsp3) is 0.750. The molecule has 3 atom stereocenters. The quantitative estimate of drug-likeness (QED) is 0.626. The number of likely N-dealkylation sites (tertiary alicyclic amines) is 1. The summed E-state index contributed by atoms with van der Waals surface area (Å²) in [6.45, 7) is 0.693. The predicted octanol–water partition coefficient (Wildman–Crippen LogP) is 0.613. The highest BCUT2D eigenvalue weighted by Crippen LogP contribution is 2.44. The maximum Gasteiger partial charge on any atom is 0.279 e. The van der Waals surface area contributed by atoms with Gasteiger partial charge in [0.25, 0.3) is 5.24 Å². The van der Waals surface area contributed by atoms with E-state index in [9.17, 15) is 4.79 Å². The molecule has 1 amide bonds. The summed E-state index contributed by atoms with van der Waals surface area (Å²) in [5.74, 6) is 0.524. The van der Waals surface area contributed by atoms with Crippen LogP contribution in [0.2, 0.25) is 0 Å². The first-order valence-electron chi connectivity index (χ1n) is 4.27. The van der Waals surface area contributed by atoms with E-state index in [0.717, 1.165) is 6.42 Å². The van der Waals surface area contributed by atoms with Gasteiger partial charge in [0.2, 0.25) is 0 Å². The highest BCUT2D eigenvalue weighted by atomic mass is 32.2. The van der Waals surface area contributed by atoms with Crippen molar-refractivity contribution in [2.45, 2.75) is 18.5 Å². The predicted molar refractivity (Wildman–Crippen MR) is 50.0 cm³/mol. The van der Waals surface area contributed by atoms with Gasteiger partial charge in [-0.3, -0.25) is 4.79 Å². The van der Waals surface area contributed by atoms with Gasteiger partial charge in [-0.15, -0.1) is 0 Å². The molecule has 1 saturated heterocycles. The monoisotopic (exact) mass is 197 g/mol. The number of hydrogen-bond acceptors (Lipinski definition) is 4. The smallest absolute Gasteiger partial charge is 0.279 e. The van der Waals surface area contributed by atoms with E-state index < -0.39 is 0 Å². The van der Waals surface area contributed by atoms with Gasteiger partial charge in [-0.05, 0) is 12.7 Å². The van der Waals surface area contributed by atoms with E-state index in [-0.39, 0.29) is 11.3 Å². The van der Waals surface area contributed by atoms with Crippen LogP contribution in [0.15, 0.2) is 0 Å². The van der Waals surface area contributed by atoms with E-state index in [1.807, 2.05) is 0 Å². The number of thioether (sulfide) groups is 1. The van der Waals surface area contributed by atoms with Gasteiger partial charge in [-0.1, -0.05) is 11.8 Å². The van der Waals surface area contributed by atoms with Crippen molar-refractivity contribution >= 4 is 17.0 Å². The molecule has 0 aromatic carbocycles. The molecule has 2 aliphatic rings. The zero-order chi connectivity index (χ0) is 9.42. The molecule has 1 heterocycles. The molecule has 0 spiro atoms. The molecule has 3 unspecified atom stereocenters. The third kappa shape index (κ3) is 1.46. The molecule has 70 valence electrons. The van der Waals surface area contributed by atoms with Crippen LogP contribution in [0, 0.1) is 17.4 Å². The Morgan fingerprint density at radius 3 is 3.08 bits per heavy atom. The third-order valence-electron chi connectivity index (χ3n) is 2.73. The molecule has 2 fully saturated rings. The molecule has 5 heteroatoms. The first-order valence-corrected chi connectivity index (χ1v) is 5.49. The fourth-order valence-corrected chi connectivity index (χ4v) is 2.22. The van der Waals surface area contributed by atoms with Crippen molar-refractivity contribution in [3.8, 4) is 6.19 Å². The Bertz CT molecular complexity index is 275. The molecule has 1 N–H and O–H groups in total. The number of nitriles is 1. The summed E-state index contributed by atoms with van der Waals surface area (Å²) >= 11 is 1.19. The van der Waals surface area contributed by atoms with E-state index in [0.29, 0.717) is 18.5 Å². The van der Waals surface area contributed by atoms with Gasteiger partial charge in [0, 0.05) is 18.5 Å². The molecular formula is C8H11N3OS. The van der Waals surface area contributed by atoms with Crippen LogP contribution in [0.5, 0.6) is 0 Å².